The van der Waals surface area contributed by atoms with E-state index >= 15 is 0 Å². The summed E-state index contributed by atoms with van der Waals surface area (Å²) in [5.74, 6) is -0.762. The van der Waals surface area contributed by atoms with Gasteiger partial charge in [-0.05, 0) is 51.1 Å². The molecule has 1 aromatic carbocycles. The van der Waals surface area contributed by atoms with E-state index in [0.717, 1.165) is 13.0 Å². The third-order valence-corrected chi connectivity index (χ3v) is 5.09. The lowest BCUT2D eigenvalue weighted by atomic mass is 10.0. The predicted octanol–water partition coefficient (Wildman–Crippen LogP) is 0.891. The number of amides is 3. The second-order valence-electron chi connectivity index (χ2n) is 8.10. The van der Waals surface area contributed by atoms with Crippen LogP contribution in [0.3, 0.4) is 0 Å². The highest BCUT2D eigenvalue weighted by molar-refractivity contribution is 5.95. The minimum absolute atomic E-state index is 0.00537. The first-order chi connectivity index (χ1) is 13.7. The zero-order valence-corrected chi connectivity index (χ0v) is 17.8. The van der Waals surface area contributed by atoms with Crippen molar-refractivity contribution in [3.8, 4) is 0 Å². The highest BCUT2D eigenvalue weighted by Gasteiger charge is 2.37. The molecule has 2 unspecified atom stereocenters. The number of benzene rings is 1. The van der Waals surface area contributed by atoms with Gasteiger partial charge in [0.2, 0.25) is 11.8 Å². The molecule has 3 amide bonds. The van der Waals surface area contributed by atoms with Crippen LogP contribution in [0.4, 0.5) is 5.69 Å². The molecule has 1 aliphatic heterocycles. The van der Waals surface area contributed by atoms with E-state index < -0.39 is 18.0 Å². The number of hydrogen-bond acceptors (Lipinski definition) is 5. The second kappa shape index (κ2) is 10.2. The van der Waals surface area contributed by atoms with Gasteiger partial charge in [0.05, 0.1) is 0 Å². The number of hydrogen-bond donors (Lipinski definition) is 3. The SMILES string of the molecule is CC(C)C(Nc1cccc(C(=O)NCCN(C)C)c1)C(=O)N1CCCC1C(N)=O. The van der Waals surface area contributed by atoms with E-state index in [-0.39, 0.29) is 17.7 Å². The number of likely N-dealkylation sites (tertiary alicyclic amines) is 1. The second-order valence-corrected chi connectivity index (χ2v) is 8.10. The summed E-state index contributed by atoms with van der Waals surface area (Å²) in [5, 5.41) is 6.14. The molecule has 1 aromatic rings. The van der Waals surface area contributed by atoms with Gasteiger partial charge in [-0.15, -0.1) is 0 Å². The van der Waals surface area contributed by atoms with E-state index in [1.807, 2.05) is 38.9 Å². The highest BCUT2D eigenvalue weighted by atomic mass is 16.2. The molecule has 4 N–H and O–H groups in total. The number of anilines is 1. The lowest BCUT2D eigenvalue weighted by Crippen LogP contribution is -2.51. The molecule has 2 rings (SSSR count). The van der Waals surface area contributed by atoms with Gasteiger partial charge in [0, 0.05) is 30.9 Å². The van der Waals surface area contributed by atoms with Crippen molar-refractivity contribution in [2.45, 2.75) is 38.8 Å². The summed E-state index contributed by atoms with van der Waals surface area (Å²) in [6.07, 6.45) is 1.38. The van der Waals surface area contributed by atoms with Crippen molar-refractivity contribution in [1.82, 2.24) is 15.1 Å². The topological polar surface area (TPSA) is 108 Å². The van der Waals surface area contributed by atoms with Crippen molar-refractivity contribution in [2.75, 3.05) is 39.0 Å². The van der Waals surface area contributed by atoms with E-state index in [1.54, 1.807) is 23.1 Å². The molecule has 1 saturated heterocycles. The number of carbonyl (C=O) groups is 3. The van der Waals surface area contributed by atoms with Gasteiger partial charge >= 0.3 is 0 Å². The Morgan fingerprint density at radius 1 is 1.28 bits per heavy atom. The average Bonchev–Trinajstić information content (AvgIpc) is 3.15. The Labute approximate surface area is 172 Å². The fourth-order valence-electron chi connectivity index (χ4n) is 3.44. The molecule has 0 saturated carbocycles. The van der Waals surface area contributed by atoms with Gasteiger partial charge < -0.3 is 26.2 Å². The molecule has 29 heavy (non-hydrogen) atoms. The number of nitrogens with two attached hydrogens (primary N) is 1. The fraction of sp³-hybridized carbons (Fsp3) is 0.571. The molecule has 0 aromatic heterocycles. The van der Waals surface area contributed by atoms with Crippen molar-refractivity contribution in [3.63, 3.8) is 0 Å². The Bertz CT molecular complexity index is 735. The zero-order valence-electron chi connectivity index (χ0n) is 17.8. The molecular formula is C21H33N5O3. The van der Waals surface area contributed by atoms with Crippen LogP contribution in [0.15, 0.2) is 24.3 Å². The van der Waals surface area contributed by atoms with Gasteiger partial charge in [-0.1, -0.05) is 19.9 Å². The van der Waals surface area contributed by atoms with E-state index in [2.05, 4.69) is 10.6 Å². The van der Waals surface area contributed by atoms with E-state index in [0.29, 0.717) is 30.8 Å². The molecule has 1 heterocycles. The van der Waals surface area contributed by atoms with E-state index in [4.69, 9.17) is 5.73 Å². The summed E-state index contributed by atoms with van der Waals surface area (Å²) in [4.78, 5) is 40.7. The van der Waals surface area contributed by atoms with Gasteiger partial charge in [-0.25, -0.2) is 0 Å². The quantitative estimate of drug-likeness (QED) is 0.568. The van der Waals surface area contributed by atoms with Crippen LogP contribution in [0.25, 0.3) is 0 Å². The summed E-state index contributed by atoms with van der Waals surface area (Å²) in [5.41, 5.74) is 6.68. The van der Waals surface area contributed by atoms with Crippen molar-refractivity contribution in [2.24, 2.45) is 11.7 Å². The first-order valence-corrected chi connectivity index (χ1v) is 10.1. The zero-order chi connectivity index (χ0) is 21.6. The number of rotatable bonds is 9. The summed E-state index contributed by atoms with van der Waals surface area (Å²) >= 11 is 0. The van der Waals surface area contributed by atoms with Crippen LogP contribution in [0.1, 0.15) is 37.0 Å². The molecule has 1 fully saturated rings. The maximum Gasteiger partial charge on any atom is 0.251 e. The first-order valence-electron chi connectivity index (χ1n) is 10.1. The van der Waals surface area contributed by atoms with Crippen molar-refractivity contribution < 1.29 is 14.4 Å². The van der Waals surface area contributed by atoms with Gasteiger partial charge in [0.25, 0.3) is 5.91 Å². The van der Waals surface area contributed by atoms with E-state index in [1.165, 1.54) is 0 Å². The molecule has 160 valence electrons. The Morgan fingerprint density at radius 2 is 2.00 bits per heavy atom. The summed E-state index contributed by atoms with van der Waals surface area (Å²) in [6, 6.07) is 6.04. The van der Waals surface area contributed by atoms with Crippen LogP contribution < -0.4 is 16.4 Å². The monoisotopic (exact) mass is 403 g/mol. The average molecular weight is 404 g/mol. The van der Waals surface area contributed by atoms with Crippen LogP contribution in [0.5, 0.6) is 0 Å². The Morgan fingerprint density at radius 3 is 2.62 bits per heavy atom. The molecule has 8 nitrogen and oxygen atoms in total. The number of nitrogens with one attached hydrogen (secondary N) is 2. The lowest BCUT2D eigenvalue weighted by molar-refractivity contribution is -0.138. The van der Waals surface area contributed by atoms with Gasteiger partial charge in [-0.2, -0.15) is 0 Å². The number of carbonyl (C=O) groups excluding carboxylic acids is 3. The van der Waals surface area contributed by atoms with Crippen molar-refractivity contribution in [1.29, 1.82) is 0 Å². The van der Waals surface area contributed by atoms with Gasteiger partial charge in [-0.3, -0.25) is 14.4 Å². The molecule has 1 aliphatic rings. The number of primary amides is 1. The maximum absolute atomic E-state index is 13.1. The lowest BCUT2D eigenvalue weighted by Gasteiger charge is -2.30. The Balaban J connectivity index is 2.10. The normalized spacial score (nSPS) is 17.4. The summed E-state index contributed by atoms with van der Waals surface area (Å²) in [6.45, 7) is 5.74. The smallest absolute Gasteiger partial charge is 0.251 e. The van der Waals surface area contributed by atoms with Crippen molar-refractivity contribution >= 4 is 23.4 Å². The highest BCUT2D eigenvalue weighted by Crippen LogP contribution is 2.22. The third-order valence-electron chi connectivity index (χ3n) is 5.09. The van der Waals surface area contributed by atoms with Gasteiger partial charge in [0.1, 0.15) is 12.1 Å². The van der Waals surface area contributed by atoms with Crippen LogP contribution in [0.2, 0.25) is 0 Å². The van der Waals surface area contributed by atoms with Crippen LogP contribution in [-0.2, 0) is 9.59 Å². The van der Waals surface area contributed by atoms with Crippen LogP contribution in [-0.4, -0.2) is 73.3 Å². The number of likely N-dealkylation sites (N-methyl/N-ethyl adjacent to an activating group) is 1. The summed E-state index contributed by atoms with van der Waals surface area (Å²) < 4.78 is 0. The number of nitrogens with zero attached hydrogens (tertiary/aromatic N) is 2. The van der Waals surface area contributed by atoms with E-state index in [9.17, 15) is 14.4 Å². The van der Waals surface area contributed by atoms with Crippen molar-refractivity contribution in [3.05, 3.63) is 29.8 Å². The van der Waals surface area contributed by atoms with Crippen LogP contribution >= 0.6 is 0 Å². The first kappa shape index (κ1) is 22.7. The molecule has 0 aliphatic carbocycles. The standard InChI is InChI=1S/C21H33N5O3/c1-14(2)18(21(29)26-11-6-9-17(26)19(22)27)24-16-8-5-7-15(13-16)20(28)23-10-12-25(3)4/h5,7-8,13-14,17-18,24H,6,9-12H2,1-4H3,(H2,22,27)(H,23,28). The Kier molecular flexibility index (Phi) is 8.01. The molecule has 2 atom stereocenters. The van der Waals surface area contributed by atoms with Gasteiger partial charge in [0.15, 0.2) is 0 Å². The summed E-state index contributed by atoms with van der Waals surface area (Å²) in [7, 11) is 3.89. The molecule has 0 bridgehead atoms. The third kappa shape index (κ3) is 6.19. The fourth-order valence-corrected chi connectivity index (χ4v) is 3.44. The largest absolute Gasteiger partial charge is 0.373 e. The van der Waals surface area contributed by atoms with Crippen LogP contribution in [0, 0.1) is 5.92 Å². The minimum atomic E-state index is -0.542. The minimum Gasteiger partial charge on any atom is -0.373 e. The molecule has 0 radical (unpaired) electrons. The predicted molar refractivity (Wildman–Crippen MR) is 114 cm³/mol. The molecule has 8 heteroatoms. The Hall–Kier alpha value is -2.61. The molecule has 0 spiro atoms. The maximum atomic E-state index is 13.1. The molecular weight excluding hydrogens is 370 g/mol.